The van der Waals surface area contributed by atoms with Gasteiger partial charge in [-0.2, -0.15) is 0 Å². The minimum atomic E-state index is -0.0257. The minimum Gasteiger partial charge on any atom is -0.497 e. The highest BCUT2D eigenvalue weighted by atomic mass is 16.5. The van der Waals surface area contributed by atoms with Gasteiger partial charge in [0.1, 0.15) is 11.5 Å². The summed E-state index contributed by atoms with van der Waals surface area (Å²) in [5, 5.41) is 0. The number of rotatable bonds is 4. The molecular formula is C25H36N2O4. The van der Waals surface area contributed by atoms with Gasteiger partial charge in [0.15, 0.2) is 0 Å². The van der Waals surface area contributed by atoms with Crippen LogP contribution in [-0.4, -0.2) is 61.5 Å². The van der Waals surface area contributed by atoms with Crippen LogP contribution in [0.1, 0.15) is 62.2 Å². The van der Waals surface area contributed by atoms with E-state index in [4.69, 9.17) is 9.47 Å². The SMILES string of the molecule is COc1cc(OC)cc(C(=O)N2CCC(C(=O)N3CC[C@H](C)[C@H]4CCCC[C@H]43)CC2)c1. The fourth-order valence-corrected chi connectivity index (χ4v) is 5.86. The zero-order valence-corrected chi connectivity index (χ0v) is 19.1. The third-order valence-corrected chi connectivity index (χ3v) is 7.75. The predicted molar refractivity (Wildman–Crippen MR) is 119 cm³/mol. The lowest BCUT2D eigenvalue weighted by atomic mass is 9.72. The van der Waals surface area contributed by atoms with Crippen LogP contribution in [0.25, 0.3) is 0 Å². The molecule has 0 aromatic heterocycles. The van der Waals surface area contributed by atoms with E-state index in [9.17, 15) is 9.59 Å². The smallest absolute Gasteiger partial charge is 0.254 e. The number of piperidine rings is 2. The van der Waals surface area contributed by atoms with Crippen molar-refractivity contribution < 1.29 is 19.1 Å². The number of methoxy groups -OCH3 is 2. The molecule has 4 rings (SSSR count). The maximum absolute atomic E-state index is 13.4. The van der Waals surface area contributed by atoms with Crippen LogP contribution in [0.2, 0.25) is 0 Å². The summed E-state index contributed by atoms with van der Waals surface area (Å²) < 4.78 is 10.6. The maximum Gasteiger partial charge on any atom is 0.254 e. The molecule has 1 aromatic carbocycles. The molecule has 1 aromatic rings. The molecular weight excluding hydrogens is 392 g/mol. The van der Waals surface area contributed by atoms with Crippen molar-refractivity contribution in [2.75, 3.05) is 33.9 Å². The summed E-state index contributed by atoms with van der Waals surface area (Å²) in [7, 11) is 3.16. The Labute approximate surface area is 185 Å². The van der Waals surface area contributed by atoms with Crippen molar-refractivity contribution in [3.8, 4) is 11.5 Å². The zero-order chi connectivity index (χ0) is 22.0. The average molecular weight is 429 g/mol. The van der Waals surface area contributed by atoms with Gasteiger partial charge in [0.05, 0.1) is 14.2 Å². The van der Waals surface area contributed by atoms with Crippen LogP contribution in [0.4, 0.5) is 0 Å². The number of amides is 2. The number of benzene rings is 1. The van der Waals surface area contributed by atoms with Gasteiger partial charge in [-0.1, -0.05) is 19.8 Å². The molecule has 3 atom stereocenters. The normalized spacial score (nSPS) is 26.9. The van der Waals surface area contributed by atoms with Crippen LogP contribution in [0.5, 0.6) is 11.5 Å². The lowest BCUT2D eigenvalue weighted by molar-refractivity contribution is -0.144. The van der Waals surface area contributed by atoms with Crippen LogP contribution in [0.3, 0.4) is 0 Å². The third kappa shape index (κ3) is 4.53. The molecule has 31 heavy (non-hydrogen) atoms. The van der Waals surface area contributed by atoms with Crippen LogP contribution < -0.4 is 9.47 Å². The minimum absolute atomic E-state index is 0.0257. The molecule has 2 saturated heterocycles. The molecule has 0 N–H and O–H groups in total. The van der Waals surface area contributed by atoms with Crippen LogP contribution in [-0.2, 0) is 4.79 Å². The fourth-order valence-electron chi connectivity index (χ4n) is 5.86. The van der Waals surface area contributed by atoms with E-state index >= 15 is 0 Å². The van der Waals surface area contributed by atoms with E-state index in [0.717, 1.165) is 38.1 Å². The summed E-state index contributed by atoms with van der Waals surface area (Å²) >= 11 is 0. The molecule has 0 bridgehead atoms. The number of fused-ring (bicyclic) bond motifs is 1. The van der Waals surface area contributed by atoms with Crippen molar-refractivity contribution in [1.82, 2.24) is 9.80 Å². The first-order valence-corrected chi connectivity index (χ1v) is 11.8. The summed E-state index contributed by atoms with van der Waals surface area (Å²) in [5.41, 5.74) is 0.566. The Balaban J connectivity index is 1.38. The number of carbonyl (C=O) groups is 2. The van der Waals surface area contributed by atoms with E-state index in [1.165, 1.54) is 19.3 Å². The highest BCUT2D eigenvalue weighted by Crippen LogP contribution is 2.40. The standard InChI is InChI=1S/C25H36N2O4/c1-17-8-13-27(23-7-5-4-6-22(17)23)25(29)18-9-11-26(12-10-18)24(28)19-14-20(30-2)16-21(15-19)31-3/h14-18,22-23H,4-13H2,1-3H3/t17-,22+,23+/m0/s1. The van der Waals surface area contributed by atoms with E-state index in [-0.39, 0.29) is 11.8 Å². The second kappa shape index (κ2) is 9.49. The summed E-state index contributed by atoms with van der Waals surface area (Å²) in [6.07, 6.45) is 7.60. The number of carbonyl (C=O) groups excluding carboxylic acids is 2. The largest absolute Gasteiger partial charge is 0.497 e. The number of ether oxygens (including phenoxy) is 2. The molecule has 1 saturated carbocycles. The van der Waals surface area contributed by atoms with Gasteiger partial charge in [-0.25, -0.2) is 0 Å². The van der Waals surface area contributed by atoms with Gasteiger partial charge in [0, 0.05) is 43.2 Å². The van der Waals surface area contributed by atoms with Crippen molar-refractivity contribution in [2.24, 2.45) is 17.8 Å². The second-order valence-electron chi connectivity index (χ2n) is 9.48. The molecule has 6 nitrogen and oxygen atoms in total. The van der Waals surface area contributed by atoms with Crippen molar-refractivity contribution >= 4 is 11.8 Å². The molecule has 3 aliphatic rings. The number of nitrogens with zero attached hydrogens (tertiary/aromatic N) is 2. The van der Waals surface area contributed by atoms with E-state index in [1.807, 2.05) is 4.90 Å². The molecule has 2 heterocycles. The van der Waals surface area contributed by atoms with Gasteiger partial charge >= 0.3 is 0 Å². The first-order chi connectivity index (χ1) is 15.0. The average Bonchev–Trinajstić information content (AvgIpc) is 2.83. The molecule has 170 valence electrons. The van der Waals surface area contributed by atoms with Gasteiger partial charge < -0.3 is 19.3 Å². The van der Waals surface area contributed by atoms with Crippen LogP contribution in [0.15, 0.2) is 18.2 Å². The molecule has 2 amide bonds. The Hall–Kier alpha value is -2.24. The lowest BCUT2D eigenvalue weighted by Crippen LogP contribution is -2.55. The zero-order valence-electron chi connectivity index (χ0n) is 19.1. The van der Waals surface area contributed by atoms with Gasteiger partial charge in [-0.05, 0) is 56.1 Å². The monoisotopic (exact) mass is 428 g/mol. The highest BCUT2D eigenvalue weighted by molar-refractivity contribution is 5.95. The van der Waals surface area contributed by atoms with E-state index in [2.05, 4.69) is 11.8 Å². The Morgan fingerprint density at radius 3 is 2.16 bits per heavy atom. The van der Waals surface area contributed by atoms with Crippen molar-refractivity contribution in [1.29, 1.82) is 0 Å². The summed E-state index contributed by atoms with van der Waals surface area (Å²) in [5.74, 6) is 2.97. The maximum atomic E-state index is 13.4. The lowest BCUT2D eigenvalue weighted by Gasteiger charge is -2.48. The Kier molecular flexibility index (Phi) is 6.73. The Morgan fingerprint density at radius 2 is 1.52 bits per heavy atom. The molecule has 0 unspecified atom stereocenters. The Morgan fingerprint density at radius 1 is 0.871 bits per heavy atom. The van der Waals surface area contributed by atoms with Gasteiger partial charge in [-0.3, -0.25) is 9.59 Å². The van der Waals surface area contributed by atoms with Crippen LogP contribution in [0, 0.1) is 17.8 Å². The van der Waals surface area contributed by atoms with E-state index in [1.54, 1.807) is 32.4 Å². The molecule has 6 heteroatoms. The molecule has 0 spiro atoms. The van der Waals surface area contributed by atoms with Crippen molar-refractivity contribution in [3.63, 3.8) is 0 Å². The quantitative estimate of drug-likeness (QED) is 0.728. The Bertz CT molecular complexity index is 780. The highest BCUT2D eigenvalue weighted by Gasteiger charge is 2.41. The molecule has 2 aliphatic heterocycles. The van der Waals surface area contributed by atoms with Crippen LogP contribution >= 0.6 is 0 Å². The summed E-state index contributed by atoms with van der Waals surface area (Å²) in [4.78, 5) is 30.6. The fraction of sp³-hybridized carbons (Fsp3) is 0.680. The molecule has 0 radical (unpaired) electrons. The molecule has 1 aliphatic carbocycles. The van der Waals surface area contributed by atoms with E-state index < -0.39 is 0 Å². The number of likely N-dealkylation sites (tertiary alicyclic amines) is 2. The number of hydrogen-bond acceptors (Lipinski definition) is 4. The number of hydrogen-bond donors (Lipinski definition) is 0. The van der Waals surface area contributed by atoms with Gasteiger partial charge in [0.2, 0.25) is 5.91 Å². The topological polar surface area (TPSA) is 59.1 Å². The van der Waals surface area contributed by atoms with Crippen molar-refractivity contribution in [3.05, 3.63) is 23.8 Å². The third-order valence-electron chi connectivity index (χ3n) is 7.75. The van der Waals surface area contributed by atoms with Gasteiger partial charge in [-0.15, -0.1) is 0 Å². The van der Waals surface area contributed by atoms with E-state index in [0.29, 0.717) is 48.0 Å². The summed E-state index contributed by atoms with van der Waals surface area (Å²) in [6, 6.07) is 5.70. The van der Waals surface area contributed by atoms with Crippen molar-refractivity contribution in [2.45, 2.75) is 57.9 Å². The second-order valence-corrected chi connectivity index (χ2v) is 9.48. The predicted octanol–water partition coefficient (Wildman–Crippen LogP) is 3.98. The summed E-state index contributed by atoms with van der Waals surface area (Å²) in [6.45, 7) is 4.51. The van der Waals surface area contributed by atoms with Gasteiger partial charge in [0.25, 0.3) is 5.91 Å². The first-order valence-electron chi connectivity index (χ1n) is 11.8. The first kappa shape index (κ1) is 22.0. The molecule has 3 fully saturated rings.